The van der Waals surface area contributed by atoms with Crippen LogP contribution in [0.5, 0.6) is 0 Å². The van der Waals surface area contributed by atoms with Crippen molar-refractivity contribution in [3.05, 3.63) is 53.1 Å². The fourth-order valence-electron chi connectivity index (χ4n) is 4.93. The van der Waals surface area contributed by atoms with Gasteiger partial charge in [-0.2, -0.15) is 5.26 Å². The van der Waals surface area contributed by atoms with Gasteiger partial charge in [-0.1, -0.05) is 12.1 Å². The summed E-state index contributed by atoms with van der Waals surface area (Å²) in [6.45, 7) is 1.02. The molecule has 4 rings (SSSR count). The van der Waals surface area contributed by atoms with Crippen LogP contribution < -0.4 is 5.73 Å². The largest absolute Gasteiger partial charge is 0.363 e. The summed E-state index contributed by atoms with van der Waals surface area (Å²) in [6, 6.07) is 8.07. The second-order valence-electron chi connectivity index (χ2n) is 9.27. The van der Waals surface area contributed by atoms with E-state index < -0.39 is 21.5 Å². The average molecular weight is 496 g/mol. The molecule has 2 N–H and O–H groups in total. The molecule has 1 aliphatic carbocycles. The Bertz CT molecular complexity index is 1330. The summed E-state index contributed by atoms with van der Waals surface area (Å²) in [5.41, 5.74) is 9.74. The predicted octanol–water partition coefficient (Wildman–Crippen LogP) is 2.55. The van der Waals surface area contributed by atoms with Gasteiger partial charge in [0.1, 0.15) is 11.8 Å². The Morgan fingerprint density at radius 3 is 2.57 bits per heavy atom. The third-order valence-corrected chi connectivity index (χ3v) is 7.43. The molecule has 1 aromatic carbocycles. The first-order valence-corrected chi connectivity index (χ1v) is 13.8. The maximum Gasteiger partial charge on any atom is 0.285 e. The van der Waals surface area contributed by atoms with Gasteiger partial charge in [0, 0.05) is 31.1 Å². The van der Waals surface area contributed by atoms with E-state index in [1.807, 2.05) is 18.2 Å². The number of likely N-dealkylation sites (tertiary alicyclic amines) is 1. The molecule has 1 aromatic heterocycles. The van der Waals surface area contributed by atoms with Crippen molar-refractivity contribution < 1.29 is 18.0 Å². The lowest BCUT2D eigenvalue weighted by Crippen LogP contribution is -2.40. The highest BCUT2D eigenvalue weighted by atomic mass is 32.2. The van der Waals surface area contributed by atoms with Gasteiger partial charge >= 0.3 is 0 Å². The summed E-state index contributed by atoms with van der Waals surface area (Å²) in [4.78, 5) is 30.1. The van der Waals surface area contributed by atoms with Crippen molar-refractivity contribution in [1.29, 1.82) is 5.26 Å². The lowest BCUT2D eigenvalue weighted by molar-refractivity contribution is -0.129. The quantitative estimate of drug-likeness (QED) is 0.653. The molecular formula is C25H29N5O4S. The second-order valence-corrected chi connectivity index (χ2v) is 11.4. The van der Waals surface area contributed by atoms with E-state index in [9.17, 15) is 23.3 Å². The molecule has 2 aromatic rings. The molecule has 2 aliphatic rings. The highest BCUT2D eigenvalue weighted by Gasteiger charge is 2.27. The molecule has 0 atom stereocenters. The number of sulfone groups is 1. The van der Waals surface area contributed by atoms with Gasteiger partial charge in [0.25, 0.3) is 5.91 Å². The number of rotatable bonds is 6. The maximum absolute atomic E-state index is 12.3. The van der Waals surface area contributed by atoms with Crippen LogP contribution in [0.15, 0.2) is 30.5 Å². The molecule has 184 valence electrons. The Labute approximate surface area is 205 Å². The van der Waals surface area contributed by atoms with Crippen LogP contribution in [0.25, 0.3) is 11.3 Å². The van der Waals surface area contributed by atoms with E-state index in [1.54, 1.807) is 9.47 Å². The number of amides is 2. The zero-order chi connectivity index (χ0) is 25.2. The Morgan fingerprint density at radius 1 is 1.23 bits per heavy atom. The summed E-state index contributed by atoms with van der Waals surface area (Å²) < 4.78 is 24.6. The van der Waals surface area contributed by atoms with Crippen molar-refractivity contribution in [2.75, 3.05) is 25.1 Å². The van der Waals surface area contributed by atoms with E-state index in [0.29, 0.717) is 13.1 Å². The van der Waals surface area contributed by atoms with Gasteiger partial charge < -0.3 is 10.6 Å². The first kappa shape index (κ1) is 24.7. The number of nitrogens with two attached hydrogens (primary N) is 1. The Morgan fingerprint density at radius 2 is 1.97 bits per heavy atom. The third-order valence-electron chi connectivity index (χ3n) is 6.66. The lowest BCUT2D eigenvalue weighted by Gasteiger charge is -2.32. The van der Waals surface area contributed by atoms with E-state index in [1.165, 1.54) is 11.8 Å². The van der Waals surface area contributed by atoms with Crippen molar-refractivity contribution in [3.8, 4) is 11.8 Å². The molecule has 2 heterocycles. The fourth-order valence-corrected chi connectivity index (χ4v) is 5.56. The van der Waals surface area contributed by atoms with Crippen LogP contribution in [0.2, 0.25) is 0 Å². The Hall–Kier alpha value is -3.45. The molecular weight excluding hydrogens is 466 g/mol. The van der Waals surface area contributed by atoms with Gasteiger partial charge in [-0.25, -0.2) is 13.4 Å². The van der Waals surface area contributed by atoms with Gasteiger partial charge in [0.15, 0.2) is 15.5 Å². The molecule has 0 unspecified atom stereocenters. The fraction of sp³-hybridized carbons (Fsp3) is 0.440. The van der Waals surface area contributed by atoms with Crippen LogP contribution in [-0.4, -0.2) is 59.8 Å². The number of nitrogens with zero attached hydrogens (tertiary/aromatic N) is 4. The van der Waals surface area contributed by atoms with Crippen LogP contribution >= 0.6 is 0 Å². The van der Waals surface area contributed by atoms with E-state index in [0.717, 1.165) is 61.6 Å². The lowest BCUT2D eigenvalue weighted by atomic mass is 9.85. The number of aromatic nitrogens is 2. The number of hydrogen-bond acceptors (Lipinski definition) is 6. The average Bonchev–Trinajstić information content (AvgIpc) is 3.28. The molecule has 0 radical (unpaired) electrons. The maximum atomic E-state index is 12.3. The first-order valence-electron chi connectivity index (χ1n) is 11.7. The van der Waals surface area contributed by atoms with Gasteiger partial charge in [-0.3, -0.25) is 14.2 Å². The standard InChI is InChI=1S/C25H29N5O4S/c1-35(33,34)16-23(31)29-11-9-17(10-12-29)19-7-8-22(21(13-19)18-5-3-2-4-6-18)30-15-20(14-26)28-25(30)24(27)32/h5,7-8,13,15,17H,2-4,6,9-12,16H2,1H3,(H2,27,32). The number of carbonyl (C=O) groups excluding carboxylic acids is 2. The van der Waals surface area contributed by atoms with Crippen LogP contribution in [0.1, 0.15) is 71.9 Å². The number of imidazole rings is 1. The van der Waals surface area contributed by atoms with Crippen molar-refractivity contribution >= 4 is 27.2 Å². The van der Waals surface area contributed by atoms with Crippen LogP contribution in [0.3, 0.4) is 0 Å². The van der Waals surface area contributed by atoms with Crippen LogP contribution in [0, 0.1) is 11.3 Å². The minimum atomic E-state index is -3.36. The molecule has 1 aliphatic heterocycles. The monoisotopic (exact) mass is 495 g/mol. The molecule has 35 heavy (non-hydrogen) atoms. The normalized spacial score (nSPS) is 17.0. The Balaban J connectivity index is 1.65. The number of primary amides is 1. The summed E-state index contributed by atoms with van der Waals surface area (Å²) in [7, 11) is -3.36. The number of allylic oxidation sites excluding steroid dienone is 2. The van der Waals surface area contributed by atoms with Crippen LogP contribution in [-0.2, 0) is 14.6 Å². The van der Waals surface area contributed by atoms with Crippen LogP contribution in [0.4, 0.5) is 0 Å². The first-order chi connectivity index (χ1) is 16.7. The highest BCUT2D eigenvalue weighted by molar-refractivity contribution is 7.91. The summed E-state index contributed by atoms with van der Waals surface area (Å²) >= 11 is 0. The molecule has 2 amide bonds. The second kappa shape index (κ2) is 10.0. The molecule has 0 bridgehead atoms. The van der Waals surface area contributed by atoms with E-state index in [-0.39, 0.29) is 23.3 Å². The number of hydrogen-bond donors (Lipinski definition) is 1. The summed E-state index contributed by atoms with van der Waals surface area (Å²) in [5, 5.41) is 9.31. The topological polar surface area (TPSA) is 139 Å². The SMILES string of the molecule is CS(=O)(=O)CC(=O)N1CCC(c2ccc(-n3cc(C#N)nc3C(N)=O)c(C3=CCCCC3)c2)CC1. The van der Waals surface area contributed by atoms with Gasteiger partial charge in [0.05, 0.1) is 5.69 Å². The van der Waals surface area contributed by atoms with Crippen molar-refractivity contribution in [1.82, 2.24) is 14.5 Å². The summed E-state index contributed by atoms with van der Waals surface area (Å²) in [6.07, 6.45) is 10.4. The molecule has 10 heteroatoms. The predicted molar refractivity (Wildman–Crippen MR) is 132 cm³/mol. The minimum Gasteiger partial charge on any atom is -0.363 e. The minimum absolute atomic E-state index is 0.0182. The van der Waals surface area contributed by atoms with Crippen molar-refractivity contribution in [2.24, 2.45) is 5.73 Å². The van der Waals surface area contributed by atoms with E-state index >= 15 is 0 Å². The molecule has 1 fully saturated rings. The summed E-state index contributed by atoms with van der Waals surface area (Å²) in [5.74, 6) is -1.26. The molecule has 9 nitrogen and oxygen atoms in total. The Kier molecular flexibility index (Phi) is 7.08. The van der Waals surface area contributed by atoms with Gasteiger partial charge in [-0.05, 0) is 67.7 Å². The third kappa shape index (κ3) is 5.62. The van der Waals surface area contributed by atoms with E-state index in [4.69, 9.17) is 5.73 Å². The van der Waals surface area contributed by atoms with Crippen molar-refractivity contribution in [3.63, 3.8) is 0 Å². The van der Waals surface area contributed by atoms with Gasteiger partial charge in [0.2, 0.25) is 11.7 Å². The number of carbonyl (C=O) groups is 2. The number of piperidine rings is 1. The molecule has 1 saturated heterocycles. The molecule has 0 saturated carbocycles. The smallest absolute Gasteiger partial charge is 0.285 e. The number of benzene rings is 1. The van der Waals surface area contributed by atoms with E-state index in [2.05, 4.69) is 17.1 Å². The zero-order valence-electron chi connectivity index (χ0n) is 19.7. The highest BCUT2D eigenvalue weighted by Crippen LogP contribution is 2.36. The zero-order valence-corrected chi connectivity index (χ0v) is 20.6. The van der Waals surface area contributed by atoms with Gasteiger partial charge in [-0.15, -0.1) is 0 Å². The number of nitriles is 1. The van der Waals surface area contributed by atoms with Crippen molar-refractivity contribution in [2.45, 2.75) is 44.4 Å². The molecule has 0 spiro atoms.